The van der Waals surface area contributed by atoms with Crippen LogP contribution in [0.4, 0.5) is 5.69 Å². The van der Waals surface area contributed by atoms with Crippen LogP contribution in [0.25, 0.3) is 0 Å². The number of Topliss-reactive ketones (excluding diaryl/α,β-unsaturated/α-hetero) is 1. The molecule has 0 radical (unpaired) electrons. The monoisotopic (exact) mass is 583 g/mol. The van der Waals surface area contributed by atoms with E-state index in [0.29, 0.717) is 23.4 Å². The van der Waals surface area contributed by atoms with Crippen molar-refractivity contribution in [3.63, 3.8) is 0 Å². The van der Waals surface area contributed by atoms with Gasteiger partial charge in [0, 0.05) is 32.8 Å². The third-order valence-electron chi connectivity index (χ3n) is 7.49. The molecule has 3 aromatic carbocycles. The average Bonchev–Trinajstić information content (AvgIpc) is 2.90. The summed E-state index contributed by atoms with van der Waals surface area (Å²) in [7, 11) is 0. The number of halogens is 1. The molecule has 1 unspecified atom stereocenters. The van der Waals surface area contributed by atoms with E-state index >= 15 is 0 Å². The van der Waals surface area contributed by atoms with Crippen molar-refractivity contribution in [1.82, 2.24) is 0 Å². The van der Waals surface area contributed by atoms with Gasteiger partial charge in [-0.25, -0.2) is 0 Å². The Kier molecular flexibility index (Phi) is 7.52. The molecule has 5 rings (SSSR count). The number of nitrogens with zero attached hydrogens (tertiary/aromatic N) is 2. The van der Waals surface area contributed by atoms with Crippen LogP contribution in [0.15, 0.2) is 92.7 Å². The van der Waals surface area contributed by atoms with Crippen LogP contribution in [0.1, 0.15) is 53.0 Å². The average molecular weight is 585 g/mol. The lowest BCUT2D eigenvalue weighted by Gasteiger charge is -2.40. The number of aryl methyl sites for hydroxylation is 2. The van der Waals surface area contributed by atoms with Gasteiger partial charge in [-0.3, -0.25) is 9.69 Å². The molecule has 3 aromatic rings. The predicted octanol–water partition coefficient (Wildman–Crippen LogP) is 7.97. The number of para-hydroxylation sites is 1. The zero-order chi connectivity index (χ0) is 27.0. The van der Waals surface area contributed by atoms with Gasteiger partial charge in [-0.15, -0.1) is 11.8 Å². The second-order valence-electron chi connectivity index (χ2n) is 9.96. The summed E-state index contributed by atoms with van der Waals surface area (Å²) in [4.78, 5) is 16.8. The van der Waals surface area contributed by atoms with Crippen LogP contribution in [0.3, 0.4) is 0 Å². The van der Waals surface area contributed by atoms with Crippen LogP contribution >= 0.6 is 27.7 Å². The Labute approximate surface area is 237 Å². The second kappa shape index (κ2) is 10.8. The Morgan fingerprint density at radius 1 is 1.08 bits per heavy atom. The molecular weight excluding hydrogens is 554 g/mol. The first kappa shape index (κ1) is 26.3. The maximum absolute atomic E-state index is 13.6. The van der Waals surface area contributed by atoms with E-state index in [0.717, 1.165) is 51.1 Å². The third kappa shape index (κ3) is 4.70. The Hall–Kier alpha value is -3.27. The van der Waals surface area contributed by atoms with E-state index < -0.39 is 5.92 Å². The molecule has 0 amide bonds. The van der Waals surface area contributed by atoms with E-state index in [1.165, 1.54) is 16.0 Å². The number of hydrogen-bond donors (Lipinski definition) is 1. The number of ketones is 1. The van der Waals surface area contributed by atoms with Gasteiger partial charge < -0.3 is 5.73 Å². The predicted molar refractivity (Wildman–Crippen MR) is 159 cm³/mol. The lowest BCUT2D eigenvalue weighted by molar-refractivity contribution is -0.116. The Bertz CT molecular complexity index is 1550. The number of thioether (sulfide) groups is 1. The number of carbonyl (C=O) groups is 1. The number of benzene rings is 3. The van der Waals surface area contributed by atoms with Crippen molar-refractivity contribution in [3.8, 4) is 6.07 Å². The first-order valence-electron chi connectivity index (χ1n) is 12.8. The number of rotatable bonds is 5. The van der Waals surface area contributed by atoms with Gasteiger partial charge in [0.25, 0.3) is 0 Å². The maximum Gasteiger partial charge on any atom is 0.161 e. The summed E-state index contributed by atoms with van der Waals surface area (Å²) in [5.41, 5.74) is 15.4. The first-order valence-corrected chi connectivity index (χ1v) is 14.6. The van der Waals surface area contributed by atoms with E-state index in [9.17, 15) is 10.1 Å². The Morgan fingerprint density at radius 2 is 1.82 bits per heavy atom. The second-order valence-corrected chi connectivity index (χ2v) is 11.8. The summed E-state index contributed by atoms with van der Waals surface area (Å²) in [5.74, 6) is 0.839. The summed E-state index contributed by atoms with van der Waals surface area (Å²) < 4.78 is 0.866. The quantitative estimate of drug-likeness (QED) is 0.308. The summed E-state index contributed by atoms with van der Waals surface area (Å²) in [6.07, 6.45) is 1.99. The summed E-state index contributed by atoms with van der Waals surface area (Å²) in [6, 6.07) is 23.0. The van der Waals surface area contributed by atoms with Crippen LogP contribution in [0.2, 0.25) is 0 Å². The molecule has 1 atom stereocenters. The van der Waals surface area contributed by atoms with Gasteiger partial charge in [0.1, 0.15) is 5.82 Å². The number of anilines is 1. The zero-order valence-electron chi connectivity index (χ0n) is 21.8. The third-order valence-corrected chi connectivity index (χ3v) is 9.39. The molecule has 4 nitrogen and oxygen atoms in total. The van der Waals surface area contributed by atoms with Crippen molar-refractivity contribution in [2.75, 3.05) is 4.90 Å². The normalized spacial score (nSPS) is 17.5. The highest BCUT2D eigenvalue weighted by Gasteiger charge is 2.41. The minimum atomic E-state index is -0.469. The minimum Gasteiger partial charge on any atom is -0.384 e. The first-order chi connectivity index (χ1) is 18.3. The molecular formula is C32H30BrN3OS. The molecule has 6 heteroatoms. The number of nitrogens with two attached hydrogens (primary N) is 1. The molecule has 1 heterocycles. The van der Waals surface area contributed by atoms with Crippen molar-refractivity contribution < 1.29 is 4.79 Å². The fourth-order valence-corrected chi connectivity index (χ4v) is 7.14. The molecule has 1 aliphatic carbocycles. The van der Waals surface area contributed by atoms with E-state index in [1.54, 1.807) is 0 Å². The van der Waals surface area contributed by atoms with Gasteiger partial charge in [-0.2, -0.15) is 5.26 Å². The standard InChI is InChI=1S/C32H30BrN3OS/c1-19-15-22(18-38-29-14-7-4-9-20(29)2)21(3)23(16-19)30-24(17-34)32(35)36(26-11-6-5-10-25(26)33)27-12-8-13-28(37)31(27)30/h4-7,9-11,14-16,30H,8,12-13,18,35H2,1-3H3. The molecule has 0 saturated carbocycles. The van der Waals surface area contributed by atoms with E-state index in [2.05, 4.69) is 79.2 Å². The molecule has 0 fully saturated rings. The largest absolute Gasteiger partial charge is 0.384 e. The van der Waals surface area contributed by atoms with Gasteiger partial charge in [0.05, 0.1) is 23.2 Å². The summed E-state index contributed by atoms with van der Waals surface area (Å²) >= 11 is 5.47. The van der Waals surface area contributed by atoms with Gasteiger partial charge in [-0.1, -0.05) is 48.0 Å². The van der Waals surface area contributed by atoms with E-state index in [-0.39, 0.29) is 5.78 Å². The lowest BCUT2D eigenvalue weighted by Crippen LogP contribution is -2.39. The van der Waals surface area contributed by atoms with E-state index in [4.69, 9.17) is 5.73 Å². The summed E-state index contributed by atoms with van der Waals surface area (Å²) in [5, 5.41) is 10.5. The van der Waals surface area contributed by atoms with Crippen LogP contribution < -0.4 is 10.6 Å². The molecule has 2 aliphatic rings. The molecule has 0 spiro atoms. The molecule has 0 saturated heterocycles. The molecule has 192 valence electrons. The van der Waals surface area contributed by atoms with Gasteiger partial charge >= 0.3 is 0 Å². The van der Waals surface area contributed by atoms with Crippen LogP contribution in [0.5, 0.6) is 0 Å². The topological polar surface area (TPSA) is 70.1 Å². The molecule has 2 N–H and O–H groups in total. The summed E-state index contributed by atoms with van der Waals surface area (Å²) in [6.45, 7) is 6.32. The van der Waals surface area contributed by atoms with E-state index in [1.807, 2.05) is 40.9 Å². The van der Waals surface area contributed by atoms with Crippen molar-refractivity contribution in [1.29, 1.82) is 5.26 Å². The minimum absolute atomic E-state index is 0.102. The zero-order valence-corrected chi connectivity index (χ0v) is 24.2. The SMILES string of the molecule is Cc1cc(CSc2ccccc2C)c(C)c(C2C(C#N)=C(N)N(c3ccccc3Br)C3=C2C(=O)CCC3)c1. The molecule has 0 bridgehead atoms. The van der Waals surface area contributed by atoms with Crippen LogP contribution in [-0.2, 0) is 10.5 Å². The van der Waals surface area contributed by atoms with Crippen molar-refractivity contribution in [3.05, 3.63) is 116 Å². The van der Waals surface area contributed by atoms with Crippen molar-refractivity contribution in [2.45, 2.75) is 56.6 Å². The number of allylic oxidation sites excluding steroid dienone is 3. The smallest absolute Gasteiger partial charge is 0.161 e. The highest BCUT2D eigenvalue weighted by molar-refractivity contribution is 9.10. The Balaban J connectivity index is 1.65. The van der Waals surface area contributed by atoms with Crippen LogP contribution in [0, 0.1) is 32.1 Å². The van der Waals surface area contributed by atoms with Gasteiger partial charge in [0.2, 0.25) is 0 Å². The van der Waals surface area contributed by atoms with Gasteiger partial charge in [0.15, 0.2) is 5.78 Å². The molecule has 1 aliphatic heterocycles. The maximum atomic E-state index is 13.6. The van der Waals surface area contributed by atoms with Crippen molar-refractivity contribution >= 4 is 39.2 Å². The fraction of sp³-hybridized carbons (Fsp3) is 0.250. The number of carbonyl (C=O) groups excluding carboxylic acids is 1. The molecule has 38 heavy (non-hydrogen) atoms. The van der Waals surface area contributed by atoms with Crippen LogP contribution in [-0.4, -0.2) is 5.78 Å². The highest BCUT2D eigenvalue weighted by atomic mass is 79.9. The van der Waals surface area contributed by atoms with Crippen molar-refractivity contribution in [2.24, 2.45) is 5.73 Å². The Morgan fingerprint density at radius 3 is 2.55 bits per heavy atom. The lowest BCUT2D eigenvalue weighted by atomic mass is 9.73. The number of hydrogen-bond acceptors (Lipinski definition) is 5. The highest BCUT2D eigenvalue weighted by Crippen LogP contribution is 2.48. The number of nitriles is 1. The fourth-order valence-electron chi connectivity index (χ4n) is 5.59. The van der Waals surface area contributed by atoms with Gasteiger partial charge in [-0.05, 0) is 90.0 Å². The molecule has 0 aromatic heterocycles.